The summed E-state index contributed by atoms with van der Waals surface area (Å²) in [4.78, 5) is 29.3. The van der Waals surface area contributed by atoms with E-state index in [2.05, 4.69) is 41.2 Å². The van der Waals surface area contributed by atoms with Crippen LogP contribution >= 0.6 is 11.6 Å². The normalized spacial score (nSPS) is 16.6. The lowest BCUT2D eigenvalue weighted by Gasteiger charge is -2.25. The maximum atomic E-state index is 14.1. The van der Waals surface area contributed by atoms with E-state index in [0.29, 0.717) is 33.1 Å². The number of hydrogen-bond donors (Lipinski definition) is 3. The number of carbonyl (C=O) groups is 2. The molecule has 2 atom stereocenters. The molecule has 2 amide bonds. The second-order valence-electron chi connectivity index (χ2n) is 9.88. The van der Waals surface area contributed by atoms with Crippen LogP contribution in [0.1, 0.15) is 30.1 Å². The Balaban J connectivity index is 1.47. The number of anilines is 2. The van der Waals surface area contributed by atoms with E-state index in [1.807, 2.05) is 0 Å². The molecule has 15 heteroatoms. The number of hydrogen-bond acceptors (Lipinski definition) is 8. The van der Waals surface area contributed by atoms with E-state index in [1.165, 1.54) is 42.5 Å². The Morgan fingerprint density at radius 2 is 1.93 bits per heavy atom. The van der Waals surface area contributed by atoms with Crippen LogP contribution in [0.4, 0.5) is 29.3 Å². The number of fused-ring (bicyclic) bond motifs is 4. The van der Waals surface area contributed by atoms with E-state index >= 15 is 0 Å². The molecule has 1 aliphatic rings. The number of benzene rings is 2. The number of tetrazole rings is 1. The summed E-state index contributed by atoms with van der Waals surface area (Å²) in [5, 5.41) is 19.6. The van der Waals surface area contributed by atoms with Gasteiger partial charge in [-0.15, -0.1) is 5.10 Å². The number of nitrogens with zero attached hydrogens (tertiary/aromatic N) is 5. The molecule has 5 rings (SSSR count). The number of aromatic nitrogens is 5. The van der Waals surface area contributed by atoms with Gasteiger partial charge in [-0.3, -0.25) is 15.1 Å². The minimum atomic E-state index is -4.58. The molecule has 2 bridgehead atoms. The molecule has 0 spiro atoms. The summed E-state index contributed by atoms with van der Waals surface area (Å²) >= 11 is 6.18. The molecule has 1 aliphatic heterocycles. The highest BCUT2D eigenvalue weighted by Gasteiger charge is 2.39. The van der Waals surface area contributed by atoms with E-state index in [0.717, 1.165) is 0 Å². The van der Waals surface area contributed by atoms with Gasteiger partial charge in [0.05, 0.1) is 24.5 Å². The van der Waals surface area contributed by atoms with Crippen LogP contribution in [0.25, 0.3) is 22.9 Å². The highest BCUT2D eigenvalue weighted by atomic mass is 35.5. The van der Waals surface area contributed by atoms with Crippen molar-refractivity contribution in [3.05, 3.63) is 95.6 Å². The highest BCUT2D eigenvalue weighted by Crippen LogP contribution is 2.36. The van der Waals surface area contributed by atoms with Crippen LogP contribution in [0.15, 0.2) is 79.3 Å². The molecule has 4 aromatic rings. The van der Waals surface area contributed by atoms with Gasteiger partial charge in [-0.2, -0.15) is 17.9 Å². The number of halogens is 4. The maximum absolute atomic E-state index is 14.1. The van der Waals surface area contributed by atoms with Gasteiger partial charge in [0.25, 0.3) is 0 Å². The topological polar surface area (TPSA) is 136 Å². The van der Waals surface area contributed by atoms with E-state index in [-0.39, 0.29) is 24.2 Å². The first-order valence-corrected chi connectivity index (χ1v) is 13.9. The Hall–Kier alpha value is -5.24. The summed E-state index contributed by atoms with van der Waals surface area (Å²) in [6.07, 6.45) is 3.24. The maximum Gasteiger partial charge on any atom is 0.411 e. The zero-order valence-electron chi connectivity index (χ0n) is 23.6. The molecule has 45 heavy (non-hydrogen) atoms. The van der Waals surface area contributed by atoms with Crippen molar-refractivity contribution in [2.45, 2.75) is 31.1 Å². The predicted molar refractivity (Wildman–Crippen MR) is 162 cm³/mol. The van der Waals surface area contributed by atoms with Crippen molar-refractivity contribution < 1.29 is 27.5 Å². The molecule has 232 valence electrons. The van der Waals surface area contributed by atoms with Crippen molar-refractivity contribution >= 4 is 41.1 Å². The van der Waals surface area contributed by atoms with Crippen molar-refractivity contribution in [3.8, 4) is 16.8 Å². The lowest BCUT2D eigenvalue weighted by atomic mass is 9.98. The van der Waals surface area contributed by atoms with Crippen LogP contribution in [0.3, 0.4) is 0 Å². The Labute approximate surface area is 260 Å². The molecular formula is C30H26ClF3N8O3. The van der Waals surface area contributed by atoms with Gasteiger partial charge in [-0.05, 0) is 77.4 Å². The SMILES string of the molecule is COC(=O)Nc1ccc2c(c1)NC(C(F)(F)F)CC=CCC(NC(=O)C=Cc1cc(Cl)ccc1-n1cnnn1)c1cc-2ccn1. The van der Waals surface area contributed by atoms with E-state index < -0.39 is 30.3 Å². The largest absolute Gasteiger partial charge is 0.453 e. The Bertz CT molecular complexity index is 1740. The highest BCUT2D eigenvalue weighted by molar-refractivity contribution is 6.30. The Morgan fingerprint density at radius 3 is 2.69 bits per heavy atom. The van der Waals surface area contributed by atoms with Crippen LogP contribution in [-0.2, 0) is 9.53 Å². The van der Waals surface area contributed by atoms with Crippen molar-refractivity contribution in [2.75, 3.05) is 17.7 Å². The first kappa shape index (κ1) is 31.2. The third kappa shape index (κ3) is 7.84. The first-order chi connectivity index (χ1) is 21.6. The average molecular weight is 639 g/mol. The fourth-order valence-electron chi connectivity index (χ4n) is 4.67. The van der Waals surface area contributed by atoms with Crippen molar-refractivity contribution in [1.29, 1.82) is 0 Å². The number of ether oxygens (including phenoxy) is 1. The summed E-state index contributed by atoms with van der Waals surface area (Å²) in [6, 6.07) is 10.3. The quantitative estimate of drug-likeness (QED) is 0.176. The molecule has 2 aromatic carbocycles. The van der Waals surface area contributed by atoms with E-state index in [1.54, 1.807) is 54.6 Å². The minimum absolute atomic E-state index is 0.140. The third-order valence-corrected chi connectivity index (χ3v) is 7.09. The van der Waals surface area contributed by atoms with Crippen molar-refractivity contribution in [2.24, 2.45) is 0 Å². The van der Waals surface area contributed by atoms with Gasteiger partial charge >= 0.3 is 12.3 Å². The average Bonchev–Trinajstić information content (AvgIpc) is 3.55. The fourth-order valence-corrected chi connectivity index (χ4v) is 4.85. The first-order valence-electron chi connectivity index (χ1n) is 13.6. The number of pyridine rings is 1. The minimum Gasteiger partial charge on any atom is -0.453 e. The summed E-state index contributed by atoms with van der Waals surface area (Å²) in [5.41, 5.74) is 3.03. The molecular weight excluding hydrogens is 613 g/mol. The van der Waals surface area contributed by atoms with Gasteiger partial charge < -0.3 is 15.4 Å². The molecule has 2 aromatic heterocycles. The molecule has 2 unspecified atom stereocenters. The van der Waals surface area contributed by atoms with Crippen LogP contribution in [-0.4, -0.2) is 56.5 Å². The molecule has 0 aliphatic carbocycles. The van der Waals surface area contributed by atoms with Gasteiger partial charge in [0.15, 0.2) is 0 Å². The van der Waals surface area contributed by atoms with Crippen molar-refractivity contribution in [1.82, 2.24) is 30.5 Å². The Morgan fingerprint density at radius 1 is 1.11 bits per heavy atom. The molecule has 3 N–H and O–H groups in total. The Kier molecular flexibility index (Phi) is 9.42. The summed E-state index contributed by atoms with van der Waals surface area (Å²) < 4.78 is 48.3. The predicted octanol–water partition coefficient (Wildman–Crippen LogP) is 6.12. The lowest BCUT2D eigenvalue weighted by Crippen LogP contribution is -2.36. The van der Waals surface area contributed by atoms with Gasteiger partial charge in [0, 0.05) is 39.8 Å². The molecule has 0 fully saturated rings. The standard InChI is InChI=1S/C30H26ClF3N8O3/c1-45-29(44)37-21-8-9-22-18-12-13-35-25(15-18)23(4-2-3-5-27(30(32,33)34)38-24(22)16-21)39-28(43)11-6-19-14-20(31)7-10-26(19)42-17-36-40-41-42/h2-3,6-17,23,27,38H,4-5H2,1H3,(H,37,44)(H,39,43). The van der Waals surface area contributed by atoms with Crippen LogP contribution < -0.4 is 16.0 Å². The zero-order valence-corrected chi connectivity index (χ0v) is 24.4. The lowest BCUT2D eigenvalue weighted by molar-refractivity contribution is -0.141. The van der Waals surface area contributed by atoms with Crippen LogP contribution in [0.2, 0.25) is 5.02 Å². The molecule has 0 saturated heterocycles. The molecule has 0 radical (unpaired) electrons. The number of carbonyl (C=O) groups excluding carboxylic acids is 2. The zero-order chi connectivity index (χ0) is 32.0. The fraction of sp³-hybridized carbons (Fsp3) is 0.200. The van der Waals surface area contributed by atoms with E-state index in [4.69, 9.17) is 11.6 Å². The van der Waals surface area contributed by atoms with Gasteiger partial charge in [0.2, 0.25) is 5.91 Å². The number of nitrogens with one attached hydrogen (secondary N) is 3. The number of alkyl halides is 3. The van der Waals surface area contributed by atoms with Gasteiger partial charge in [-0.25, -0.2) is 4.79 Å². The number of amides is 2. The second kappa shape index (κ2) is 13.6. The summed E-state index contributed by atoms with van der Waals surface area (Å²) in [6.45, 7) is 0. The second-order valence-corrected chi connectivity index (χ2v) is 10.3. The number of methoxy groups -OCH3 is 1. The van der Waals surface area contributed by atoms with Crippen LogP contribution in [0, 0.1) is 0 Å². The summed E-state index contributed by atoms with van der Waals surface area (Å²) in [5.74, 6) is -0.468. The summed E-state index contributed by atoms with van der Waals surface area (Å²) in [7, 11) is 1.18. The molecule has 0 saturated carbocycles. The molecule has 3 heterocycles. The van der Waals surface area contributed by atoms with E-state index in [9.17, 15) is 22.8 Å². The smallest absolute Gasteiger partial charge is 0.411 e. The monoisotopic (exact) mass is 638 g/mol. The third-order valence-electron chi connectivity index (χ3n) is 6.85. The number of rotatable bonds is 5. The molecule has 11 nitrogen and oxygen atoms in total. The van der Waals surface area contributed by atoms with Crippen molar-refractivity contribution in [3.63, 3.8) is 0 Å². The van der Waals surface area contributed by atoms with Gasteiger partial charge in [0.1, 0.15) is 12.4 Å². The van der Waals surface area contributed by atoms with Gasteiger partial charge in [-0.1, -0.05) is 29.8 Å². The van der Waals surface area contributed by atoms with Crippen LogP contribution in [0.5, 0.6) is 0 Å².